The summed E-state index contributed by atoms with van der Waals surface area (Å²) in [4.78, 5) is 28.6. The molecule has 2 aliphatic rings. The van der Waals surface area contributed by atoms with E-state index in [0.29, 0.717) is 18.5 Å². The lowest BCUT2D eigenvalue weighted by Gasteiger charge is -2.26. The molecule has 166 valence electrons. The molecule has 3 heterocycles. The van der Waals surface area contributed by atoms with Crippen molar-refractivity contribution in [3.63, 3.8) is 0 Å². The summed E-state index contributed by atoms with van der Waals surface area (Å²) in [6, 6.07) is 11.9. The topological polar surface area (TPSA) is 51.5 Å². The number of nitrogens with zero attached hydrogens (tertiary/aromatic N) is 2. The highest BCUT2D eigenvalue weighted by molar-refractivity contribution is 5.95. The van der Waals surface area contributed by atoms with Crippen molar-refractivity contribution in [1.82, 2.24) is 9.47 Å². The molecule has 5 heteroatoms. The van der Waals surface area contributed by atoms with Gasteiger partial charge in [-0.05, 0) is 51.0 Å². The van der Waals surface area contributed by atoms with Gasteiger partial charge in [-0.1, -0.05) is 43.2 Å². The van der Waals surface area contributed by atoms with Crippen LogP contribution in [0.15, 0.2) is 41.2 Å². The molecule has 1 atom stereocenters. The van der Waals surface area contributed by atoms with Crippen LogP contribution in [0.5, 0.6) is 0 Å². The van der Waals surface area contributed by atoms with Crippen LogP contribution >= 0.6 is 0 Å². The molecule has 4 rings (SSSR count). The first-order valence-electron chi connectivity index (χ1n) is 11.8. The van der Waals surface area contributed by atoms with Crippen LogP contribution in [0, 0.1) is 6.92 Å². The van der Waals surface area contributed by atoms with Gasteiger partial charge in [0.05, 0.1) is 6.10 Å². The molecule has 1 amide bonds. The number of aromatic nitrogens is 1. The number of benzene rings is 1. The van der Waals surface area contributed by atoms with Crippen LogP contribution < -0.4 is 5.43 Å². The number of hydrogen-bond acceptors (Lipinski definition) is 3. The van der Waals surface area contributed by atoms with E-state index < -0.39 is 0 Å². The van der Waals surface area contributed by atoms with Crippen molar-refractivity contribution in [2.45, 2.75) is 70.9 Å². The van der Waals surface area contributed by atoms with Crippen LogP contribution in [0.3, 0.4) is 0 Å². The molecule has 1 aromatic heterocycles. The maximum atomic E-state index is 13.6. The monoisotopic (exact) mass is 422 g/mol. The minimum Gasteiger partial charge on any atom is -0.376 e. The minimum absolute atomic E-state index is 0.0870. The van der Waals surface area contributed by atoms with Gasteiger partial charge < -0.3 is 14.2 Å². The zero-order chi connectivity index (χ0) is 21.6. The van der Waals surface area contributed by atoms with Gasteiger partial charge in [0.1, 0.15) is 5.56 Å². The van der Waals surface area contributed by atoms with Crippen LogP contribution in [0.25, 0.3) is 0 Å². The van der Waals surface area contributed by atoms with Gasteiger partial charge >= 0.3 is 0 Å². The van der Waals surface area contributed by atoms with E-state index in [2.05, 4.69) is 16.7 Å². The highest BCUT2D eigenvalue weighted by Gasteiger charge is 2.27. The number of hydrogen-bond donors (Lipinski definition) is 0. The van der Waals surface area contributed by atoms with Gasteiger partial charge in [-0.2, -0.15) is 0 Å². The van der Waals surface area contributed by atoms with Crippen LogP contribution in [-0.4, -0.2) is 41.2 Å². The number of carbonyl (C=O) groups is 1. The molecule has 1 unspecified atom stereocenters. The molecule has 2 aromatic rings. The van der Waals surface area contributed by atoms with E-state index in [-0.39, 0.29) is 17.4 Å². The van der Waals surface area contributed by atoms with Gasteiger partial charge in [0.25, 0.3) is 5.91 Å². The fourth-order valence-corrected chi connectivity index (χ4v) is 4.90. The Kier molecular flexibility index (Phi) is 7.23. The smallest absolute Gasteiger partial charge is 0.259 e. The first-order valence-corrected chi connectivity index (χ1v) is 11.8. The minimum atomic E-state index is -0.140. The Balaban J connectivity index is 1.71. The Morgan fingerprint density at radius 3 is 2.45 bits per heavy atom. The largest absolute Gasteiger partial charge is 0.376 e. The van der Waals surface area contributed by atoms with E-state index in [4.69, 9.17) is 4.74 Å². The van der Waals surface area contributed by atoms with Crippen LogP contribution in [0.2, 0.25) is 0 Å². The maximum Gasteiger partial charge on any atom is 0.259 e. The molecular formula is C26H34N2O3. The Morgan fingerprint density at radius 1 is 1.03 bits per heavy atom. The first-order chi connectivity index (χ1) is 15.1. The van der Waals surface area contributed by atoms with Gasteiger partial charge in [-0.25, -0.2) is 0 Å². The maximum absolute atomic E-state index is 13.6. The highest BCUT2D eigenvalue weighted by Crippen LogP contribution is 2.21. The molecular weight excluding hydrogens is 388 g/mol. The lowest BCUT2D eigenvalue weighted by Crippen LogP contribution is -2.38. The molecule has 31 heavy (non-hydrogen) atoms. The Labute approximate surface area is 185 Å². The quantitative estimate of drug-likeness (QED) is 0.703. The lowest BCUT2D eigenvalue weighted by molar-refractivity contribution is 0.0754. The number of aryl methyl sites for hydroxylation is 2. The summed E-state index contributed by atoms with van der Waals surface area (Å²) in [6.07, 6.45) is 8.06. The summed E-state index contributed by atoms with van der Waals surface area (Å²) in [5.41, 5.74) is 3.24. The molecule has 5 nitrogen and oxygen atoms in total. The van der Waals surface area contributed by atoms with E-state index in [0.717, 1.165) is 76.0 Å². The van der Waals surface area contributed by atoms with Crippen molar-refractivity contribution in [3.05, 3.63) is 69.1 Å². The molecule has 0 bridgehead atoms. The number of amides is 1. The summed E-state index contributed by atoms with van der Waals surface area (Å²) in [5, 5.41) is 0. The average Bonchev–Trinajstić information content (AvgIpc) is 3.14. The summed E-state index contributed by atoms with van der Waals surface area (Å²) in [5.74, 6) is -0.0870. The zero-order valence-corrected chi connectivity index (χ0v) is 18.6. The third-order valence-electron chi connectivity index (χ3n) is 6.64. The average molecular weight is 423 g/mol. The predicted octanol–water partition coefficient (Wildman–Crippen LogP) is 4.14. The molecule has 0 aliphatic carbocycles. The summed E-state index contributed by atoms with van der Waals surface area (Å²) in [7, 11) is 0. The molecule has 2 fully saturated rings. The second-order valence-electron chi connectivity index (χ2n) is 8.91. The number of rotatable bonds is 6. The predicted molar refractivity (Wildman–Crippen MR) is 123 cm³/mol. The zero-order valence-electron chi connectivity index (χ0n) is 18.6. The number of pyridine rings is 1. The van der Waals surface area contributed by atoms with E-state index in [9.17, 15) is 9.59 Å². The standard InChI is InChI=1S/C26H34N2O3/c1-20-18-24(29)25(26(30)27-15-7-2-3-8-16-27)23(14-13-21-10-5-4-6-11-21)28(20)19-22-12-9-17-31-22/h4-6,10-11,18,22H,2-3,7-9,12-17,19H2,1H3. The van der Waals surface area contributed by atoms with Crippen molar-refractivity contribution >= 4 is 5.91 Å². The van der Waals surface area contributed by atoms with Crippen molar-refractivity contribution < 1.29 is 9.53 Å². The fraction of sp³-hybridized carbons (Fsp3) is 0.538. The van der Waals surface area contributed by atoms with E-state index in [1.54, 1.807) is 6.07 Å². The Bertz CT molecular complexity index is 937. The van der Waals surface area contributed by atoms with Gasteiger partial charge in [-0.15, -0.1) is 0 Å². The van der Waals surface area contributed by atoms with Crippen LogP contribution in [-0.2, 0) is 24.1 Å². The lowest BCUT2D eigenvalue weighted by atomic mass is 10.0. The first kappa shape index (κ1) is 21.8. The van der Waals surface area contributed by atoms with Gasteiger partial charge in [0.2, 0.25) is 0 Å². The van der Waals surface area contributed by atoms with Crippen molar-refractivity contribution in [2.75, 3.05) is 19.7 Å². The Morgan fingerprint density at radius 2 is 1.77 bits per heavy atom. The molecule has 0 N–H and O–H groups in total. The third-order valence-corrected chi connectivity index (χ3v) is 6.64. The van der Waals surface area contributed by atoms with Gasteiger partial charge in [0.15, 0.2) is 5.43 Å². The van der Waals surface area contributed by atoms with Crippen LogP contribution in [0.4, 0.5) is 0 Å². The van der Waals surface area contributed by atoms with Crippen LogP contribution in [0.1, 0.15) is 65.8 Å². The fourth-order valence-electron chi connectivity index (χ4n) is 4.90. The molecule has 2 saturated heterocycles. The second-order valence-corrected chi connectivity index (χ2v) is 8.91. The van der Waals surface area contributed by atoms with E-state index in [1.165, 1.54) is 5.56 Å². The number of likely N-dealkylation sites (tertiary alicyclic amines) is 1. The van der Waals surface area contributed by atoms with Gasteiger partial charge in [0, 0.05) is 43.7 Å². The highest BCUT2D eigenvalue weighted by atomic mass is 16.5. The van der Waals surface area contributed by atoms with Gasteiger partial charge in [-0.3, -0.25) is 9.59 Å². The molecule has 0 saturated carbocycles. The summed E-state index contributed by atoms with van der Waals surface area (Å²) < 4.78 is 8.08. The van der Waals surface area contributed by atoms with Crippen molar-refractivity contribution in [2.24, 2.45) is 0 Å². The number of carbonyl (C=O) groups excluding carboxylic acids is 1. The third kappa shape index (κ3) is 5.27. The summed E-state index contributed by atoms with van der Waals surface area (Å²) in [6.45, 7) is 4.97. The summed E-state index contributed by atoms with van der Waals surface area (Å²) >= 11 is 0. The Hall–Kier alpha value is -2.40. The molecule has 2 aliphatic heterocycles. The van der Waals surface area contributed by atoms with Crippen molar-refractivity contribution in [3.8, 4) is 0 Å². The van der Waals surface area contributed by atoms with Crippen molar-refractivity contribution in [1.29, 1.82) is 0 Å². The second kappa shape index (κ2) is 10.3. The SMILES string of the molecule is Cc1cc(=O)c(C(=O)N2CCCCCC2)c(CCc2ccccc2)n1CC1CCCO1. The normalized spacial score (nSPS) is 19.4. The molecule has 0 spiro atoms. The van der Waals surface area contributed by atoms with E-state index in [1.807, 2.05) is 30.0 Å². The number of ether oxygens (including phenoxy) is 1. The molecule has 1 aromatic carbocycles. The molecule has 0 radical (unpaired) electrons. The van der Waals surface area contributed by atoms with E-state index >= 15 is 0 Å².